The number of nitro groups is 1. The molecule has 144 valence electrons. The summed E-state index contributed by atoms with van der Waals surface area (Å²) in [6.07, 6.45) is -3.63. The Morgan fingerprint density at radius 2 is 2.15 bits per heavy atom. The zero-order valence-corrected chi connectivity index (χ0v) is 14.4. The van der Waals surface area contributed by atoms with Gasteiger partial charge in [0, 0.05) is 31.7 Å². The van der Waals surface area contributed by atoms with E-state index >= 15 is 0 Å². The predicted octanol–water partition coefficient (Wildman–Crippen LogP) is 2.29. The largest absolute Gasteiger partial charge is 0.401 e. The molecule has 0 radical (unpaired) electrons. The number of hydrogen-bond acceptors (Lipinski definition) is 4. The molecular formula is C16H22F3N5O2. The molecule has 1 saturated heterocycles. The second-order valence-electron chi connectivity index (χ2n) is 6.06. The van der Waals surface area contributed by atoms with Crippen LogP contribution in [0.2, 0.25) is 0 Å². The molecule has 0 amide bonds. The number of halogens is 3. The minimum atomic E-state index is -4.21. The van der Waals surface area contributed by atoms with Gasteiger partial charge in [-0.1, -0.05) is 18.2 Å². The van der Waals surface area contributed by atoms with Crippen LogP contribution in [0.25, 0.3) is 0 Å². The molecule has 26 heavy (non-hydrogen) atoms. The van der Waals surface area contributed by atoms with E-state index in [0.717, 1.165) is 0 Å². The highest BCUT2D eigenvalue weighted by atomic mass is 19.4. The highest BCUT2D eigenvalue weighted by Crippen LogP contribution is 2.20. The van der Waals surface area contributed by atoms with Crippen LogP contribution >= 0.6 is 0 Å². The summed E-state index contributed by atoms with van der Waals surface area (Å²) in [6, 6.07) is 6.18. The van der Waals surface area contributed by atoms with Gasteiger partial charge in [0.05, 0.1) is 23.6 Å². The van der Waals surface area contributed by atoms with Gasteiger partial charge in [-0.15, -0.1) is 0 Å². The topological polar surface area (TPSA) is 82.8 Å². The molecule has 7 nitrogen and oxygen atoms in total. The van der Waals surface area contributed by atoms with Crippen molar-refractivity contribution in [3.63, 3.8) is 0 Å². The fourth-order valence-electron chi connectivity index (χ4n) is 2.85. The van der Waals surface area contributed by atoms with E-state index in [-0.39, 0.29) is 24.8 Å². The van der Waals surface area contributed by atoms with Gasteiger partial charge in [0.1, 0.15) is 0 Å². The van der Waals surface area contributed by atoms with Crippen molar-refractivity contribution in [1.29, 1.82) is 0 Å². The summed E-state index contributed by atoms with van der Waals surface area (Å²) in [6.45, 7) is 2.26. The monoisotopic (exact) mass is 373 g/mol. The van der Waals surface area contributed by atoms with Crippen molar-refractivity contribution in [2.45, 2.75) is 32.1 Å². The summed E-state index contributed by atoms with van der Waals surface area (Å²) in [4.78, 5) is 16.3. The second kappa shape index (κ2) is 8.84. The first-order chi connectivity index (χ1) is 12.3. The van der Waals surface area contributed by atoms with Crippen molar-refractivity contribution in [2.24, 2.45) is 4.99 Å². The summed E-state index contributed by atoms with van der Waals surface area (Å²) in [5, 5.41) is 17.2. The number of rotatable bonds is 6. The number of likely N-dealkylation sites (tertiary alicyclic amines) is 1. The number of aliphatic imine (C=N–C) groups is 1. The Morgan fingerprint density at radius 1 is 1.42 bits per heavy atom. The number of nitro benzene ring substituents is 1. The number of hydrogen-bond donors (Lipinski definition) is 2. The molecule has 1 fully saturated rings. The van der Waals surface area contributed by atoms with Crippen molar-refractivity contribution in [1.82, 2.24) is 15.5 Å². The Labute approximate surface area is 149 Å². The van der Waals surface area contributed by atoms with Gasteiger partial charge in [-0.05, 0) is 13.3 Å². The van der Waals surface area contributed by atoms with E-state index in [2.05, 4.69) is 15.6 Å². The Bertz CT molecular complexity index is 651. The maximum absolute atomic E-state index is 12.5. The molecule has 1 aliphatic heterocycles. The molecule has 1 aromatic carbocycles. The van der Waals surface area contributed by atoms with Crippen LogP contribution in [0.15, 0.2) is 29.3 Å². The van der Waals surface area contributed by atoms with E-state index in [0.29, 0.717) is 31.0 Å². The Morgan fingerprint density at radius 3 is 2.81 bits per heavy atom. The van der Waals surface area contributed by atoms with E-state index in [1.54, 1.807) is 18.2 Å². The first-order valence-electron chi connectivity index (χ1n) is 8.34. The van der Waals surface area contributed by atoms with Crippen LogP contribution in [0.4, 0.5) is 18.9 Å². The molecule has 2 N–H and O–H groups in total. The van der Waals surface area contributed by atoms with Crippen LogP contribution in [-0.4, -0.2) is 54.2 Å². The Hall–Kier alpha value is -2.36. The zero-order valence-electron chi connectivity index (χ0n) is 14.4. The highest BCUT2D eigenvalue weighted by Gasteiger charge is 2.34. The Balaban J connectivity index is 1.99. The van der Waals surface area contributed by atoms with E-state index in [1.807, 2.05) is 6.92 Å². The van der Waals surface area contributed by atoms with Gasteiger partial charge < -0.3 is 10.6 Å². The summed E-state index contributed by atoms with van der Waals surface area (Å²) < 4.78 is 37.4. The minimum Gasteiger partial charge on any atom is -0.357 e. The number of guanidine groups is 1. The molecule has 1 aliphatic rings. The minimum absolute atomic E-state index is 0.00989. The fourth-order valence-corrected chi connectivity index (χ4v) is 2.85. The summed E-state index contributed by atoms with van der Waals surface area (Å²) in [5.41, 5.74) is 0.462. The van der Waals surface area contributed by atoms with Crippen LogP contribution in [0.3, 0.4) is 0 Å². The van der Waals surface area contributed by atoms with Gasteiger partial charge in [0.15, 0.2) is 5.96 Å². The van der Waals surface area contributed by atoms with Gasteiger partial charge in [0.2, 0.25) is 0 Å². The lowest BCUT2D eigenvalue weighted by atomic mass is 10.2. The second-order valence-corrected chi connectivity index (χ2v) is 6.06. The maximum Gasteiger partial charge on any atom is 0.401 e. The Kier molecular flexibility index (Phi) is 6.78. The van der Waals surface area contributed by atoms with Gasteiger partial charge >= 0.3 is 6.18 Å². The van der Waals surface area contributed by atoms with E-state index in [4.69, 9.17) is 0 Å². The number of nitrogens with one attached hydrogen (secondary N) is 2. The molecule has 1 unspecified atom stereocenters. The van der Waals surface area contributed by atoms with Crippen molar-refractivity contribution in [3.8, 4) is 0 Å². The van der Waals surface area contributed by atoms with Crippen LogP contribution in [-0.2, 0) is 6.54 Å². The third kappa shape index (κ3) is 6.17. The number of alkyl halides is 3. The first-order valence-corrected chi connectivity index (χ1v) is 8.34. The lowest BCUT2D eigenvalue weighted by Gasteiger charge is -2.19. The lowest BCUT2D eigenvalue weighted by molar-refractivity contribution is -0.385. The van der Waals surface area contributed by atoms with Crippen LogP contribution < -0.4 is 10.6 Å². The molecule has 2 rings (SSSR count). The smallest absolute Gasteiger partial charge is 0.357 e. The number of nitrogens with zero attached hydrogens (tertiary/aromatic N) is 3. The zero-order chi connectivity index (χ0) is 19.2. The summed E-state index contributed by atoms with van der Waals surface area (Å²) in [7, 11) is 0. The van der Waals surface area contributed by atoms with Crippen LogP contribution in [0, 0.1) is 10.1 Å². The average molecular weight is 373 g/mol. The predicted molar refractivity (Wildman–Crippen MR) is 91.9 cm³/mol. The number of benzene rings is 1. The molecule has 0 bridgehead atoms. The lowest BCUT2D eigenvalue weighted by Crippen LogP contribution is -2.45. The fraction of sp³-hybridized carbons (Fsp3) is 0.562. The van der Waals surface area contributed by atoms with Crippen molar-refractivity contribution < 1.29 is 18.1 Å². The molecule has 1 aromatic rings. The van der Waals surface area contributed by atoms with E-state index < -0.39 is 17.6 Å². The summed E-state index contributed by atoms with van der Waals surface area (Å²) >= 11 is 0. The van der Waals surface area contributed by atoms with E-state index in [9.17, 15) is 23.3 Å². The van der Waals surface area contributed by atoms with Crippen LogP contribution in [0.1, 0.15) is 18.9 Å². The molecule has 1 atom stereocenters. The molecule has 1 heterocycles. The highest BCUT2D eigenvalue weighted by molar-refractivity contribution is 5.80. The van der Waals surface area contributed by atoms with E-state index in [1.165, 1.54) is 11.0 Å². The van der Waals surface area contributed by atoms with Crippen molar-refractivity contribution in [3.05, 3.63) is 39.9 Å². The SMILES string of the molecule is CCNC(=NCc1ccccc1[N+](=O)[O-])NC1CCN(CC(F)(F)F)C1. The molecule has 0 aromatic heterocycles. The number of para-hydroxylation sites is 1. The third-order valence-corrected chi connectivity index (χ3v) is 3.96. The van der Waals surface area contributed by atoms with Gasteiger partial charge in [-0.2, -0.15) is 13.2 Å². The quantitative estimate of drug-likeness (QED) is 0.346. The first kappa shape index (κ1) is 20.0. The van der Waals surface area contributed by atoms with Gasteiger partial charge in [0.25, 0.3) is 5.69 Å². The van der Waals surface area contributed by atoms with Gasteiger partial charge in [-0.25, -0.2) is 4.99 Å². The van der Waals surface area contributed by atoms with Crippen LogP contribution in [0.5, 0.6) is 0 Å². The average Bonchev–Trinajstić information content (AvgIpc) is 2.98. The van der Waals surface area contributed by atoms with Crippen molar-refractivity contribution >= 4 is 11.6 Å². The normalized spacial score (nSPS) is 18.8. The third-order valence-electron chi connectivity index (χ3n) is 3.96. The summed E-state index contributed by atoms with van der Waals surface area (Å²) in [5.74, 6) is 0.435. The molecule has 0 saturated carbocycles. The molecular weight excluding hydrogens is 351 g/mol. The molecule has 0 spiro atoms. The molecule has 10 heteroatoms. The van der Waals surface area contributed by atoms with Crippen molar-refractivity contribution in [2.75, 3.05) is 26.2 Å². The maximum atomic E-state index is 12.5. The standard InChI is InChI=1S/C16H22F3N5O2/c1-2-20-15(21-9-12-5-3-4-6-14(12)24(25)26)22-13-7-8-23(10-13)11-16(17,18)19/h3-6,13H,2,7-11H2,1H3,(H2,20,21,22). The van der Waals surface area contributed by atoms with Gasteiger partial charge in [-0.3, -0.25) is 15.0 Å². The molecule has 0 aliphatic carbocycles.